The van der Waals surface area contributed by atoms with Crippen LogP contribution in [0.25, 0.3) is 6.08 Å². The molecule has 0 radical (unpaired) electrons. The summed E-state index contributed by atoms with van der Waals surface area (Å²) in [6.07, 6.45) is -10.8. The van der Waals surface area contributed by atoms with E-state index in [0.717, 1.165) is 13.0 Å². The number of benzene rings is 1. The first-order valence-corrected chi connectivity index (χ1v) is 9.68. The van der Waals surface area contributed by atoms with Gasteiger partial charge in [0.2, 0.25) is 12.4 Å². The van der Waals surface area contributed by atoms with Gasteiger partial charge >= 0.3 is 18.3 Å². The number of halogens is 4. The average molecular weight is 498 g/mol. The molecule has 0 amide bonds. The second-order valence-electron chi connectivity index (χ2n) is 6.97. The maximum absolute atomic E-state index is 13.6. The zero-order valence-corrected chi connectivity index (χ0v) is 18.5. The van der Waals surface area contributed by atoms with Crippen molar-refractivity contribution in [3.8, 4) is 5.75 Å². The second kappa shape index (κ2) is 10.1. The van der Waals surface area contributed by atoms with Gasteiger partial charge in [-0.3, -0.25) is 0 Å². The first-order chi connectivity index (χ1) is 15.2. The van der Waals surface area contributed by atoms with Crippen LogP contribution in [-0.4, -0.2) is 48.5 Å². The lowest BCUT2D eigenvalue weighted by molar-refractivity contribution is -0.767. The molecule has 1 heterocycles. The lowest BCUT2D eigenvalue weighted by atomic mass is 9.96. The zero-order chi connectivity index (χ0) is 25.1. The van der Waals surface area contributed by atoms with Crippen LogP contribution in [0, 0.1) is 24.0 Å². The van der Waals surface area contributed by atoms with Crippen molar-refractivity contribution in [3.63, 3.8) is 0 Å². The van der Waals surface area contributed by atoms with Crippen LogP contribution >= 0.6 is 11.6 Å². The summed E-state index contributed by atoms with van der Waals surface area (Å²) in [5.41, 5.74) is 0.184. The Morgan fingerprint density at radius 2 is 1.91 bits per heavy atom. The monoisotopic (exact) mass is 497 g/mol. The molecule has 0 fully saturated rings. The molecular formula is C19H19ClF3NO9. The van der Waals surface area contributed by atoms with E-state index in [1.54, 1.807) is 13.8 Å². The number of aryl methyl sites for hydroxylation is 1. The van der Waals surface area contributed by atoms with E-state index in [0.29, 0.717) is 16.1 Å². The highest BCUT2D eigenvalue weighted by Crippen LogP contribution is 2.41. The van der Waals surface area contributed by atoms with Crippen molar-refractivity contribution in [1.29, 1.82) is 0 Å². The summed E-state index contributed by atoms with van der Waals surface area (Å²) < 4.78 is 59.7. The molecule has 14 heteroatoms. The quantitative estimate of drug-likeness (QED) is 0.234. The van der Waals surface area contributed by atoms with Gasteiger partial charge < -0.3 is 23.8 Å². The third-order valence-corrected chi connectivity index (χ3v) is 4.87. The van der Waals surface area contributed by atoms with Crippen molar-refractivity contribution in [2.24, 2.45) is 0 Å². The topological polar surface area (TPSA) is 123 Å². The number of rotatable bonds is 7. The minimum atomic E-state index is -4.96. The summed E-state index contributed by atoms with van der Waals surface area (Å²) in [6, 6.07) is 1.33. The molecule has 1 aliphatic rings. The lowest BCUT2D eigenvalue weighted by Gasteiger charge is -2.29. The molecule has 0 bridgehead atoms. The number of fused-ring (bicyclic) bond motifs is 1. The van der Waals surface area contributed by atoms with Crippen molar-refractivity contribution in [1.82, 2.24) is 0 Å². The van der Waals surface area contributed by atoms with Gasteiger partial charge in [-0.2, -0.15) is 13.2 Å². The van der Waals surface area contributed by atoms with Gasteiger partial charge in [-0.15, -0.1) is 10.1 Å². The second-order valence-corrected chi connectivity index (χ2v) is 7.35. The third kappa shape index (κ3) is 6.63. The van der Waals surface area contributed by atoms with Crippen molar-refractivity contribution >= 4 is 29.8 Å². The normalized spacial score (nSPS) is 17.0. The van der Waals surface area contributed by atoms with Gasteiger partial charge in [0.05, 0.1) is 5.57 Å². The van der Waals surface area contributed by atoms with Crippen molar-refractivity contribution < 1.29 is 51.6 Å². The number of hydrogen-bond donors (Lipinski definition) is 0. The predicted octanol–water partition coefficient (Wildman–Crippen LogP) is 4.30. The maximum Gasteiger partial charge on any atom is 0.511 e. The molecule has 1 aromatic carbocycles. The fraction of sp³-hybridized carbons (Fsp3) is 0.474. The summed E-state index contributed by atoms with van der Waals surface area (Å²) >= 11 is 6.15. The lowest BCUT2D eigenvalue weighted by Crippen LogP contribution is -2.41. The number of ether oxygens (including phenoxy) is 4. The number of nitrogens with zero attached hydrogens (tertiary/aromatic N) is 1. The van der Waals surface area contributed by atoms with Crippen LogP contribution in [0.3, 0.4) is 0 Å². The Balaban J connectivity index is 2.14. The van der Waals surface area contributed by atoms with Crippen molar-refractivity contribution in [2.75, 3.05) is 6.61 Å². The zero-order valence-electron chi connectivity index (χ0n) is 17.7. The fourth-order valence-electron chi connectivity index (χ4n) is 2.82. The molecular weight excluding hydrogens is 479 g/mol. The molecule has 3 atom stereocenters. The third-order valence-electron chi connectivity index (χ3n) is 4.29. The molecule has 0 aromatic heterocycles. The Labute approximate surface area is 190 Å². The Kier molecular flexibility index (Phi) is 8.01. The largest absolute Gasteiger partial charge is 0.511 e. The number of esters is 1. The van der Waals surface area contributed by atoms with Gasteiger partial charge in [0.25, 0.3) is 5.09 Å². The summed E-state index contributed by atoms with van der Waals surface area (Å²) in [7, 11) is 0. The molecule has 0 saturated heterocycles. The van der Waals surface area contributed by atoms with Crippen LogP contribution in [0.1, 0.15) is 30.5 Å². The molecule has 0 saturated carbocycles. The van der Waals surface area contributed by atoms with Crippen molar-refractivity contribution in [2.45, 2.75) is 52.4 Å². The number of carbonyl (C=O) groups excluding carboxylic acids is 2. The van der Waals surface area contributed by atoms with E-state index >= 15 is 0 Å². The van der Waals surface area contributed by atoms with Crippen LogP contribution < -0.4 is 4.74 Å². The molecule has 1 aromatic rings. The van der Waals surface area contributed by atoms with Gasteiger partial charge in [-0.25, -0.2) is 9.59 Å². The first-order valence-electron chi connectivity index (χ1n) is 9.30. The fourth-order valence-corrected chi connectivity index (χ4v) is 2.98. The minimum absolute atomic E-state index is 0.104. The summed E-state index contributed by atoms with van der Waals surface area (Å²) in [6.45, 7) is 4.88. The van der Waals surface area contributed by atoms with Gasteiger partial charge in [0, 0.05) is 17.5 Å². The summed E-state index contributed by atoms with van der Waals surface area (Å²) in [4.78, 5) is 38.4. The number of hydrogen-bond acceptors (Lipinski definition) is 9. The van der Waals surface area contributed by atoms with E-state index in [-0.39, 0.29) is 11.3 Å². The maximum atomic E-state index is 13.6. The van der Waals surface area contributed by atoms with E-state index in [2.05, 4.69) is 14.3 Å². The van der Waals surface area contributed by atoms with Gasteiger partial charge in [-0.1, -0.05) is 11.6 Å². The number of carbonyl (C=O) groups is 2. The molecule has 2 unspecified atom stereocenters. The Morgan fingerprint density at radius 1 is 1.27 bits per heavy atom. The smallest absolute Gasteiger partial charge is 0.475 e. The van der Waals surface area contributed by atoms with E-state index in [1.807, 2.05) is 0 Å². The Morgan fingerprint density at radius 3 is 2.48 bits per heavy atom. The molecule has 33 heavy (non-hydrogen) atoms. The average Bonchev–Trinajstić information content (AvgIpc) is 2.68. The van der Waals surface area contributed by atoms with Crippen LogP contribution in [0.5, 0.6) is 5.75 Å². The van der Waals surface area contributed by atoms with Crippen molar-refractivity contribution in [3.05, 3.63) is 43.5 Å². The Bertz CT molecular complexity index is 980. The number of alkyl halides is 3. The van der Waals surface area contributed by atoms with E-state index in [9.17, 15) is 32.9 Å². The van der Waals surface area contributed by atoms with Crippen LogP contribution in [0.4, 0.5) is 18.0 Å². The van der Waals surface area contributed by atoms with E-state index in [1.165, 1.54) is 13.0 Å². The Hall–Kier alpha value is -3.22. The summed E-state index contributed by atoms with van der Waals surface area (Å²) in [5, 5.41) is 9.39. The molecule has 2 rings (SSSR count). The van der Waals surface area contributed by atoms with Gasteiger partial charge in [-0.05, 0) is 44.0 Å². The molecule has 0 spiro atoms. The highest BCUT2D eigenvalue weighted by Gasteiger charge is 2.49. The summed E-state index contributed by atoms with van der Waals surface area (Å²) in [5.74, 6) is -1.56. The SMILES string of the molecule is Cc1cc2c(c(C)c1Cl)C=C(C(=O)OC(C)OC(=O)OC[C@H](C)O[N+](=O)[O-])C(C(F)(F)F)O2. The van der Waals surface area contributed by atoms with Gasteiger partial charge in [0.15, 0.2) is 0 Å². The standard InChI is InChI=1S/C19H19ClF3NO9/c1-8-5-14-12(10(3)15(8)20)6-13(16(32-14)19(21,22)23)17(25)30-11(4)31-18(26)29-7-9(2)33-24(27)28/h5-6,9,11,16H,7H2,1-4H3/t9-,11?,16?/m0/s1. The molecule has 0 N–H and O–H groups in total. The highest BCUT2D eigenvalue weighted by molar-refractivity contribution is 6.32. The van der Waals surface area contributed by atoms with Crippen LogP contribution in [0.15, 0.2) is 11.6 Å². The minimum Gasteiger partial charge on any atom is -0.475 e. The predicted molar refractivity (Wildman–Crippen MR) is 105 cm³/mol. The molecule has 182 valence electrons. The van der Waals surface area contributed by atoms with Crippen LogP contribution in [0.2, 0.25) is 5.02 Å². The van der Waals surface area contributed by atoms with Crippen LogP contribution in [-0.2, 0) is 23.8 Å². The highest BCUT2D eigenvalue weighted by atomic mass is 35.5. The molecule has 0 aliphatic carbocycles. The van der Waals surface area contributed by atoms with E-state index < -0.39 is 54.1 Å². The van der Waals surface area contributed by atoms with Gasteiger partial charge in [0.1, 0.15) is 18.5 Å². The first kappa shape index (κ1) is 26.0. The molecule has 10 nitrogen and oxygen atoms in total. The van der Waals surface area contributed by atoms with E-state index in [4.69, 9.17) is 21.1 Å². The molecule has 1 aliphatic heterocycles.